The first-order valence-corrected chi connectivity index (χ1v) is 7.67. The van der Waals surface area contributed by atoms with Gasteiger partial charge in [0.1, 0.15) is 0 Å². The highest BCUT2D eigenvalue weighted by molar-refractivity contribution is 5.79. The van der Waals surface area contributed by atoms with Crippen molar-refractivity contribution in [3.05, 3.63) is 39.9 Å². The Kier molecular flexibility index (Phi) is 4.18. The van der Waals surface area contributed by atoms with Gasteiger partial charge in [0.25, 0.3) is 5.69 Å². The maximum atomic E-state index is 11.8. The molecule has 2 aliphatic carbocycles. The third kappa shape index (κ3) is 3.32. The Morgan fingerprint density at radius 2 is 2.09 bits per heavy atom. The molecule has 3 rings (SSSR count). The van der Waals surface area contributed by atoms with Crippen molar-refractivity contribution in [1.29, 1.82) is 0 Å². The van der Waals surface area contributed by atoms with Gasteiger partial charge >= 0.3 is 0 Å². The average molecular weight is 301 g/mol. The van der Waals surface area contributed by atoms with Crippen molar-refractivity contribution in [1.82, 2.24) is 5.43 Å². The fourth-order valence-corrected chi connectivity index (χ4v) is 3.64. The van der Waals surface area contributed by atoms with Crippen molar-refractivity contribution >= 4 is 17.8 Å². The number of rotatable bonds is 5. The minimum atomic E-state index is -0.455. The lowest BCUT2D eigenvalue weighted by Gasteiger charge is -2.16. The van der Waals surface area contributed by atoms with Crippen molar-refractivity contribution in [3.8, 4) is 0 Å². The number of amides is 1. The van der Waals surface area contributed by atoms with Gasteiger partial charge in [0, 0.05) is 18.3 Å². The highest BCUT2D eigenvalue weighted by atomic mass is 16.6. The van der Waals surface area contributed by atoms with E-state index in [0.29, 0.717) is 5.92 Å². The number of nitrogens with one attached hydrogen (secondary N) is 1. The molecule has 22 heavy (non-hydrogen) atoms. The van der Waals surface area contributed by atoms with Crippen LogP contribution in [0.15, 0.2) is 29.4 Å². The molecule has 1 aromatic carbocycles. The zero-order chi connectivity index (χ0) is 15.5. The third-order valence-electron chi connectivity index (χ3n) is 4.76. The normalized spacial score (nSPS) is 26.5. The molecule has 1 aromatic rings. The fourth-order valence-electron chi connectivity index (χ4n) is 3.64. The number of non-ortho nitro benzene ring substituents is 1. The van der Waals surface area contributed by atoms with Gasteiger partial charge in [-0.3, -0.25) is 14.9 Å². The van der Waals surface area contributed by atoms with Crippen LogP contribution in [-0.2, 0) is 11.2 Å². The topological polar surface area (TPSA) is 84.6 Å². The van der Waals surface area contributed by atoms with Gasteiger partial charge in [-0.2, -0.15) is 5.10 Å². The molecule has 0 saturated heterocycles. The van der Waals surface area contributed by atoms with E-state index in [1.165, 1.54) is 37.8 Å². The van der Waals surface area contributed by atoms with Crippen LogP contribution in [0.1, 0.15) is 31.2 Å². The Morgan fingerprint density at radius 3 is 2.68 bits per heavy atom. The lowest BCUT2D eigenvalue weighted by Crippen LogP contribution is -2.21. The van der Waals surface area contributed by atoms with E-state index in [4.69, 9.17) is 0 Å². The van der Waals surface area contributed by atoms with Crippen LogP contribution in [0.5, 0.6) is 0 Å². The first-order chi connectivity index (χ1) is 10.6. The van der Waals surface area contributed by atoms with Gasteiger partial charge in [-0.05, 0) is 42.6 Å². The van der Waals surface area contributed by atoms with Crippen molar-refractivity contribution in [2.75, 3.05) is 0 Å². The zero-order valence-electron chi connectivity index (χ0n) is 12.3. The van der Waals surface area contributed by atoms with Crippen LogP contribution in [0.3, 0.4) is 0 Å². The maximum absolute atomic E-state index is 11.8. The largest absolute Gasteiger partial charge is 0.273 e. The predicted molar refractivity (Wildman–Crippen MR) is 82.4 cm³/mol. The lowest BCUT2D eigenvalue weighted by molar-refractivity contribution is -0.384. The van der Waals surface area contributed by atoms with Crippen LogP contribution in [0, 0.1) is 27.9 Å². The summed E-state index contributed by atoms with van der Waals surface area (Å²) >= 11 is 0. The first-order valence-electron chi connectivity index (χ1n) is 7.67. The van der Waals surface area contributed by atoms with Gasteiger partial charge in [-0.15, -0.1) is 0 Å². The van der Waals surface area contributed by atoms with Crippen LogP contribution in [0.25, 0.3) is 0 Å². The van der Waals surface area contributed by atoms with Crippen molar-refractivity contribution < 1.29 is 9.72 Å². The van der Waals surface area contributed by atoms with Crippen LogP contribution in [0.2, 0.25) is 0 Å². The Bertz CT molecular complexity index is 597. The summed E-state index contributed by atoms with van der Waals surface area (Å²) in [5.41, 5.74) is 3.31. The molecule has 0 aliphatic heterocycles. The summed E-state index contributed by atoms with van der Waals surface area (Å²) in [5, 5.41) is 14.6. The molecule has 0 aromatic heterocycles. The summed E-state index contributed by atoms with van der Waals surface area (Å²) in [4.78, 5) is 21.9. The number of nitro benzene ring substituents is 1. The second-order valence-corrected chi connectivity index (χ2v) is 6.25. The van der Waals surface area contributed by atoms with E-state index in [1.54, 1.807) is 12.1 Å². The number of nitrogens with zero attached hydrogens (tertiary/aromatic N) is 2. The molecule has 6 nitrogen and oxygen atoms in total. The highest BCUT2D eigenvalue weighted by Crippen LogP contribution is 2.47. The van der Waals surface area contributed by atoms with Crippen molar-refractivity contribution in [3.63, 3.8) is 0 Å². The van der Waals surface area contributed by atoms with Crippen LogP contribution >= 0.6 is 0 Å². The number of hydrazone groups is 1. The lowest BCUT2D eigenvalue weighted by atomic mass is 9.90. The maximum Gasteiger partial charge on any atom is 0.269 e. The van der Waals surface area contributed by atoms with Gasteiger partial charge < -0.3 is 0 Å². The quantitative estimate of drug-likeness (QED) is 0.515. The van der Waals surface area contributed by atoms with E-state index in [0.717, 1.165) is 17.4 Å². The SMILES string of the molecule is O=C(Cc1ccc([N+](=O)[O-])cc1)NN=CC1CC2CCC1C2. The minimum Gasteiger partial charge on any atom is -0.273 e. The van der Waals surface area contributed by atoms with Crippen molar-refractivity contribution in [2.45, 2.75) is 32.1 Å². The number of nitro groups is 1. The molecule has 1 amide bonds. The minimum absolute atomic E-state index is 0.0264. The summed E-state index contributed by atoms with van der Waals surface area (Å²) < 4.78 is 0. The molecule has 2 bridgehead atoms. The number of carbonyl (C=O) groups excluding carboxylic acids is 1. The van der Waals surface area contributed by atoms with Crippen LogP contribution in [-0.4, -0.2) is 17.0 Å². The van der Waals surface area contributed by atoms with Gasteiger partial charge in [-0.25, -0.2) is 5.43 Å². The zero-order valence-corrected chi connectivity index (χ0v) is 12.3. The first kappa shape index (κ1) is 14.7. The molecule has 2 saturated carbocycles. The molecule has 6 heteroatoms. The van der Waals surface area contributed by atoms with E-state index in [1.807, 2.05) is 6.21 Å². The molecule has 1 N–H and O–H groups in total. The summed E-state index contributed by atoms with van der Waals surface area (Å²) in [6.45, 7) is 0. The molecule has 2 fully saturated rings. The summed E-state index contributed by atoms with van der Waals surface area (Å²) in [6, 6.07) is 6.00. The second-order valence-electron chi connectivity index (χ2n) is 6.25. The molecule has 0 spiro atoms. The fraction of sp³-hybridized carbons (Fsp3) is 0.500. The summed E-state index contributed by atoms with van der Waals surface area (Å²) in [6.07, 6.45) is 7.21. The smallest absolute Gasteiger partial charge is 0.269 e. The second kappa shape index (κ2) is 6.25. The molecule has 3 atom stereocenters. The highest BCUT2D eigenvalue weighted by Gasteiger charge is 2.38. The summed E-state index contributed by atoms with van der Waals surface area (Å²) in [7, 11) is 0. The van der Waals surface area contributed by atoms with E-state index in [-0.39, 0.29) is 18.0 Å². The Balaban J connectivity index is 1.47. The van der Waals surface area contributed by atoms with E-state index in [2.05, 4.69) is 10.5 Å². The molecule has 0 heterocycles. The third-order valence-corrected chi connectivity index (χ3v) is 4.76. The standard InChI is InChI=1S/C16H19N3O3/c20-16(9-11-2-5-15(6-3-11)19(21)22)18-17-10-14-8-12-1-4-13(14)7-12/h2-3,5-6,10,12-14H,1,4,7-9H2,(H,18,20). The molecule has 116 valence electrons. The Morgan fingerprint density at radius 1 is 1.32 bits per heavy atom. The van der Waals surface area contributed by atoms with Crippen LogP contribution < -0.4 is 5.43 Å². The number of fused-ring (bicyclic) bond motifs is 2. The monoisotopic (exact) mass is 301 g/mol. The molecular weight excluding hydrogens is 282 g/mol. The van der Waals surface area contributed by atoms with Gasteiger partial charge in [0.05, 0.1) is 11.3 Å². The van der Waals surface area contributed by atoms with Gasteiger partial charge in [0.2, 0.25) is 5.91 Å². The Labute approximate surface area is 128 Å². The predicted octanol–water partition coefficient (Wildman–Crippen LogP) is 2.68. The van der Waals surface area contributed by atoms with Gasteiger partial charge in [-0.1, -0.05) is 18.6 Å². The molecule has 2 aliphatic rings. The van der Waals surface area contributed by atoms with Crippen molar-refractivity contribution in [2.24, 2.45) is 22.9 Å². The average Bonchev–Trinajstić information content (AvgIpc) is 3.10. The van der Waals surface area contributed by atoms with Gasteiger partial charge in [0.15, 0.2) is 0 Å². The van der Waals surface area contributed by atoms with Crippen LogP contribution in [0.4, 0.5) is 5.69 Å². The number of carbonyl (C=O) groups is 1. The summed E-state index contributed by atoms with van der Waals surface area (Å²) in [5.74, 6) is 1.92. The van der Waals surface area contributed by atoms with E-state index < -0.39 is 4.92 Å². The number of hydrogen-bond donors (Lipinski definition) is 1. The molecule has 3 unspecified atom stereocenters. The molecule has 0 radical (unpaired) electrons. The molecular formula is C16H19N3O3. The number of benzene rings is 1. The Hall–Kier alpha value is -2.24. The van der Waals surface area contributed by atoms with E-state index in [9.17, 15) is 14.9 Å². The van der Waals surface area contributed by atoms with E-state index >= 15 is 0 Å². The number of hydrogen-bond acceptors (Lipinski definition) is 4.